The molecule has 4 N–H and O–H groups in total. The maximum absolute atomic E-state index is 11.4. The van der Waals surface area contributed by atoms with E-state index in [2.05, 4.69) is 51.8 Å². The zero-order chi connectivity index (χ0) is 21.9. The second kappa shape index (κ2) is 12.1. The van der Waals surface area contributed by atoms with Crippen LogP contribution in [0.4, 0.5) is 0 Å². The van der Waals surface area contributed by atoms with Crippen LogP contribution in [0.3, 0.4) is 0 Å². The van der Waals surface area contributed by atoms with E-state index in [1.165, 1.54) is 11.1 Å². The van der Waals surface area contributed by atoms with Gasteiger partial charge < -0.3 is 21.3 Å². The number of aliphatic imine (C=N–C) groups is 1. The SMILES string of the molecule is CCNC(=NCc1ccccc1Cn1cccn1)NCCCN1CCCC(C(N)=O)C1. The topological polar surface area (TPSA) is 101 Å². The first-order chi connectivity index (χ1) is 15.2. The standard InChI is InChI=1S/C23H35N7O/c1-2-25-23(26-11-6-14-29-13-5-10-21(17-29)22(24)31)27-16-19-8-3-4-9-20(19)18-30-15-7-12-28-30/h3-4,7-9,12,15,21H,2,5-6,10-11,13-14,16-18H2,1H3,(H2,24,31)(H2,25,26,27). The van der Waals surface area contributed by atoms with Crippen LogP contribution in [-0.2, 0) is 17.9 Å². The molecule has 1 aliphatic rings. The largest absolute Gasteiger partial charge is 0.369 e. The monoisotopic (exact) mass is 425 g/mol. The van der Waals surface area contributed by atoms with E-state index in [1.807, 2.05) is 16.9 Å². The van der Waals surface area contributed by atoms with Crippen LogP contribution in [0.25, 0.3) is 0 Å². The Labute approximate surface area is 184 Å². The number of nitrogens with zero attached hydrogens (tertiary/aromatic N) is 4. The van der Waals surface area contributed by atoms with E-state index in [-0.39, 0.29) is 11.8 Å². The van der Waals surface area contributed by atoms with Crippen molar-refractivity contribution in [3.63, 3.8) is 0 Å². The summed E-state index contributed by atoms with van der Waals surface area (Å²) in [5.74, 6) is 0.657. The second-order valence-electron chi connectivity index (χ2n) is 7.99. The summed E-state index contributed by atoms with van der Waals surface area (Å²) in [4.78, 5) is 18.6. The number of nitrogens with two attached hydrogens (primary N) is 1. The first-order valence-electron chi connectivity index (χ1n) is 11.2. The molecule has 2 aromatic rings. The maximum atomic E-state index is 11.4. The summed E-state index contributed by atoms with van der Waals surface area (Å²) < 4.78 is 1.93. The van der Waals surface area contributed by atoms with Gasteiger partial charge in [-0.1, -0.05) is 24.3 Å². The number of benzene rings is 1. The minimum Gasteiger partial charge on any atom is -0.369 e. The molecule has 8 heteroatoms. The molecular weight excluding hydrogens is 390 g/mol. The number of carbonyl (C=O) groups is 1. The van der Waals surface area contributed by atoms with Crippen LogP contribution in [0.1, 0.15) is 37.3 Å². The Hall–Kier alpha value is -2.87. The van der Waals surface area contributed by atoms with E-state index in [4.69, 9.17) is 10.7 Å². The van der Waals surface area contributed by atoms with E-state index >= 15 is 0 Å². The van der Waals surface area contributed by atoms with E-state index < -0.39 is 0 Å². The number of hydrogen-bond acceptors (Lipinski definition) is 4. The molecule has 1 aliphatic heterocycles. The Morgan fingerprint density at radius 1 is 1.26 bits per heavy atom. The molecule has 1 unspecified atom stereocenters. The Morgan fingerprint density at radius 3 is 2.84 bits per heavy atom. The van der Waals surface area contributed by atoms with Crippen molar-refractivity contribution in [1.82, 2.24) is 25.3 Å². The Balaban J connectivity index is 1.49. The van der Waals surface area contributed by atoms with Gasteiger partial charge in [0.05, 0.1) is 19.0 Å². The van der Waals surface area contributed by atoms with Gasteiger partial charge in [0.15, 0.2) is 5.96 Å². The fourth-order valence-corrected chi connectivity index (χ4v) is 3.94. The van der Waals surface area contributed by atoms with Crippen LogP contribution in [-0.4, -0.2) is 59.3 Å². The fourth-order valence-electron chi connectivity index (χ4n) is 3.94. The van der Waals surface area contributed by atoms with Crippen molar-refractivity contribution in [2.45, 2.75) is 39.3 Å². The highest BCUT2D eigenvalue weighted by molar-refractivity contribution is 5.79. The smallest absolute Gasteiger partial charge is 0.221 e. The Bertz CT molecular complexity index is 834. The van der Waals surface area contributed by atoms with Crippen LogP contribution in [0.15, 0.2) is 47.7 Å². The molecule has 1 amide bonds. The van der Waals surface area contributed by atoms with Crippen LogP contribution >= 0.6 is 0 Å². The van der Waals surface area contributed by atoms with Crippen LogP contribution in [0.2, 0.25) is 0 Å². The number of rotatable bonds is 10. The van der Waals surface area contributed by atoms with Gasteiger partial charge in [0, 0.05) is 32.0 Å². The van der Waals surface area contributed by atoms with E-state index in [1.54, 1.807) is 6.20 Å². The highest BCUT2D eigenvalue weighted by Crippen LogP contribution is 2.16. The number of nitrogens with one attached hydrogen (secondary N) is 2. The molecule has 0 saturated carbocycles. The third-order valence-corrected chi connectivity index (χ3v) is 5.61. The highest BCUT2D eigenvalue weighted by atomic mass is 16.1. The molecule has 0 aliphatic carbocycles. The van der Waals surface area contributed by atoms with Gasteiger partial charge in [-0.15, -0.1) is 0 Å². The van der Waals surface area contributed by atoms with Crippen LogP contribution in [0.5, 0.6) is 0 Å². The van der Waals surface area contributed by atoms with Gasteiger partial charge in [-0.25, -0.2) is 4.99 Å². The van der Waals surface area contributed by atoms with Crippen LogP contribution in [0, 0.1) is 5.92 Å². The maximum Gasteiger partial charge on any atom is 0.221 e. The molecule has 0 spiro atoms. The zero-order valence-corrected chi connectivity index (χ0v) is 18.5. The van der Waals surface area contributed by atoms with Crippen molar-refractivity contribution in [2.24, 2.45) is 16.6 Å². The summed E-state index contributed by atoms with van der Waals surface area (Å²) in [5.41, 5.74) is 7.90. The van der Waals surface area contributed by atoms with Crippen molar-refractivity contribution in [3.05, 3.63) is 53.9 Å². The summed E-state index contributed by atoms with van der Waals surface area (Å²) in [5, 5.41) is 11.1. The van der Waals surface area contributed by atoms with Crippen molar-refractivity contribution >= 4 is 11.9 Å². The first kappa shape index (κ1) is 22.8. The molecular formula is C23H35N7O. The van der Waals surface area contributed by atoms with Crippen molar-refractivity contribution < 1.29 is 4.79 Å². The minimum absolute atomic E-state index is 0.00222. The van der Waals surface area contributed by atoms with Gasteiger partial charge in [0.1, 0.15) is 0 Å². The van der Waals surface area contributed by atoms with Gasteiger partial charge in [0.25, 0.3) is 0 Å². The molecule has 1 aromatic heterocycles. The number of likely N-dealkylation sites (tertiary alicyclic amines) is 1. The zero-order valence-electron chi connectivity index (χ0n) is 18.5. The normalized spacial score (nSPS) is 17.5. The lowest BCUT2D eigenvalue weighted by Crippen LogP contribution is -2.43. The summed E-state index contributed by atoms with van der Waals surface area (Å²) in [6, 6.07) is 10.3. The Kier molecular flexibility index (Phi) is 8.90. The predicted octanol–water partition coefficient (Wildman–Crippen LogP) is 1.57. The molecule has 3 rings (SSSR count). The molecule has 168 valence electrons. The lowest BCUT2D eigenvalue weighted by atomic mass is 9.97. The molecule has 8 nitrogen and oxygen atoms in total. The second-order valence-corrected chi connectivity index (χ2v) is 7.99. The number of piperidine rings is 1. The molecule has 1 fully saturated rings. The lowest BCUT2D eigenvalue weighted by molar-refractivity contribution is -0.123. The van der Waals surface area contributed by atoms with Gasteiger partial charge in [-0.2, -0.15) is 5.10 Å². The van der Waals surface area contributed by atoms with E-state index in [0.29, 0.717) is 6.54 Å². The number of primary amides is 1. The summed E-state index contributed by atoms with van der Waals surface area (Å²) in [6.07, 6.45) is 6.73. The molecule has 31 heavy (non-hydrogen) atoms. The van der Waals surface area contributed by atoms with Gasteiger partial charge in [0.2, 0.25) is 5.91 Å². The first-order valence-corrected chi connectivity index (χ1v) is 11.2. The number of carbonyl (C=O) groups excluding carboxylic acids is 1. The van der Waals surface area contributed by atoms with Crippen molar-refractivity contribution in [1.29, 1.82) is 0 Å². The average Bonchev–Trinajstić information content (AvgIpc) is 3.29. The van der Waals surface area contributed by atoms with Crippen molar-refractivity contribution in [3.8, 4) is 0 Å². The molecule has 1 atom stereocenters. The fraction of sp³-hybridized carbons (Fsp3) is 0.522. The summed E-state index contributed by atoms with van der Waals surface area (Å²) in [6.45, 7) is 7.86. The van der Waals surface area contributed by atoms with Crippen molar-refractivity contribution in [2.75, 3.05) is 32.7 Å². The molecule has 2 heterocycles. The van der Waals surface area contributed by atoms with E-state index in [0.717, 1.165) is 64.5 Å². The van der Waals surface area contributed by atoms with E-state index in [9.17, 15) is 4.79 Å². The van der Waals surface area contributed by atoms with Gasteiger partial charge in [-0.05, 0) is 56.5 Å². The molecule has 0 bridgehead atoms. The third kappa shape index (κ3) is 7.40. The average molecular weight is 426 g/mol. The third-order valence-electron chi connectivity index (χ3n) is 5.61. The predicted molar refractivity (Wildman–Crippen MR) is 124 cm³/mol. The Morgan fingerprint density at radius 2 is 2.10 bits per heavy atom. The quantitative estimate of drug-likeness (QED) is 0.305. The van der Waals surface area contributed by atoms with Gasteiger partial charge in [-0.3, -0.25) is 9.48 Å². The minimum atomic E-state index is -0.169. The lowest BCUT2D eigenvalue weighted by Gasteiger charge is -2.31. The molecule has 0 radical (unpaired) electrons. The number of amides is 1. The number of guanidine groups is 1. The number of aromatic nitrogens is 2. The van der Waals surface area contributed by atoms with Crippen LogP contribution < -0.4 is 16.4 Å². The number of hydrogen-bond donors (Lipinski definition) is 3. The highest BCUT2D eigenvalue weighted by Gasteiger charge is 2.23. The summed E-state index contributed by atoms with van der Waals surface area (Å²) in [7, 11) is 0. The molecule has 1 aromatic carbocycles. The van der Waals surface area contributed by atoms with Gasteiger partial charge >= 0.3 is 0 Å². The summed E-state index contributed by atoms with van der Waals surface area (Å²) >= 11 is 0. The molecule has 1 saturated heterocycles.